The summed E-state index contributed by atoms with van der Waals surface area (Å²) in [6, 6.07) is 5.91. The maximum Gasteiger partial charge on any atom is 0.274 e. The Morgan fingerprint density at radius 1 is 1.17 bits per heavy atom. The first kappa shape index (κ1) is 19.6. The van der Waals surface area contributed by atoms with Gasteiger partial charge in [0.05, 0.1) is 6.54 Å². The fourth-order valence-corrected chi connectivity index (χ4v) is 3.94. The molecular weight excluding hydrogens is 368 g/mol. The summed E-state index contributed by atoms with van der Waals surface area (Å²) in [5, 5.41) is 13.6. The molecule has 1 aromatic heterocycles. The van der Waals surface area contributed by atoms with Crippen LogP contribution < -0.4 is 10.6 Å². The van der Waals surface area contributed by atoms with Crippen molar-refractivity contribution in [2.45, 2.75) is 26.8 Å². The number of carbonyl (C=O) groups excluding carboxylic acids is 2. The van der Waals surface area contributed by atoms with Crippen LogP contribution >= 0.6 is 0 Å². The Hall–Kier alpha value is -2.71. The van der Waals surface area contributed by atoms with Gasteiger partial charge in [-0.05, 0) is 31.0 Å². The van der Waals surface area contributed by atoms with Gasteiger partial charge in [-0.15, -0.1) is 0 Å². The van der Waals surface area contributed by atoms with Crippen LogP contribution in [0.1, 0.15) is 32.9 Å². The fraction of sp³-hybridized carbons (Fsp3) is 0.476. The molecule has 0 atom stereocenters. The number of fused-ring (bicyclic) bond motifs is 1. The van der Waals surface area contributed by atoms with Gasteiger partial charge in [-0.1, -0.05) is 12.1 Å². The minimum Gasteiger partial charge on any atom is -0.335 e. The average molecular weight is 396 g/mol. The van der Waals surface area contributed by atoms with Crippen LogP contribution in [0.5, 0.6) is 0 Å². The number of hydrogen-bond acceptors (Lipinski definition) is 5. The van der Waals surface area contributed by atoms with Gasteiger partial charge in [0.25, 0.3) is 5.91 Å². The fourth-order valence-electron chi connectivity index (χ4n) is 3.94. The number of carbonyl (C=O) groups is 2. The standard InChI is InChI=1S/C21H28N6O2/c1-14-4-3-5-17(15(14)2)23-19(28)13-26-8-10-27(11-9-26)21(29)20-16-12-22-7-6-18(16)24-25-20/h3-5,22H,6-13H2,1-2H3,(H,23,28)(H,24,25). The smallest absolute Gasteiger partial charge is 0.274 e. The number of H-pyrrole nitrogens is 1. The Bertz CT molecular complexity index is 914. The molecule has 2 aromatic rings. The highest BCUT2D eigenvalue weighted by molar-refractivity contribution is 5.94. The van der Waals surface area contributed by atoms with Gasteiger partial charge in [0.15, 0.2) is 5.69 Å². The second-order valence-corrected chi connectivity index (χ2v) is 7.82. The molecule has 3 N–H and O–H groups in total. The number of nitrogens with one attached hydrogen (secondary N) is 3. The predicted octanol–water partition coefficient (Wildman–Crippen LogP) is 1.07. The van der Waals surface area contributed by atoms with E-state index in [1.54, 1.807) is 0 Å². The van der Waals surface area contributed by atoms with Crippen molar-refractivity contribution in [2.75, 3.05) is 44.6 Å². The van der Waals surface area contributed by atoms with Crippen molar-refractivity contribution in [1.29, 1.82) is 0 Å². The molecule has 8 heteroatoms. The summed E-state index contributed by atoms with van der Waals surface area (Å²) < 4.78 is 0. The van der Waals surface area contributed by atoms with Crippen molar-refractivity contribution in [1.82, 2.24) is 25.3 Å². The zero-order valence-electron chi connectivity index (χ0n) is 17.0. The van der Waals surface area contributed by atoms with E-state index in [0.29, 0.717) is 45.0 Å². The summed E-state index contributed by atoms with van der Waals surface area (Å²) in [6.07, 6.45) is 0.874. The number of nitrogens with zero attached hydrogens (tertiary/aromatic N) is 3. The van der Waals surface area contributed by atoms with Crippen molar-refractivity contribution in [3.05, 3.63) is 46.3 Å². The lowest BCUT2D eigenvalue weighted by atomic mass is 10.1. The van der Waals surface area contributed by atoms with Gasteiger partial charge in [0.2, 0.25) is 5.91 Å². The van der Waals surface area contributed by atoms with Gasteiger partial charge in [0.1, 0.15) is 0 Å². The number of aryl methyl sites for hydroxylation is 1. The molecule has 1 fully saturated rings. The highest BCUT2D eigenvalue weighted by Crippen LogP contribution is 2.19. The van der Waals surface area contributed by atoms with Crippen LogP contribution in [-0.2, 0) is 17.8 Å². The lowest BCUT2D eigenvalue weighted by molar-refractivity contribution is -0.117. The SMILES string of the molecule is Cc1cccc(NC(=O)CN2CCN(C(=O)c3n[nH]c4c3CNCC4)CC2)c1C. The Labute approximate surface area is 170 Å². The molecule has 0 radical (unpaired) electrons. The number of piperazine rings is 1. The molecule has 8 nitrogen and oxygen atoms in total. The van der Waals surface area contributed by atoms with E-state index < -0.39 is 0 Å². The Kier molecular flexibility index (Phi) is 5.64. The first-order valence-electron chi connectivity index (χ1n) is 10.2. The molecule has 1 aromatic carbocycles. The Morgan fingerprint density at radius 2 is 1.97 bits per heavy atom. The lowest BCUT2D eigenvalue weighted by Crippen LogP contribution is -2.50. The van der Waals surface area contributed by atoms with E-state index in [9.17, 15) is 9.59 Å². The van der Waals surface area contributed by atoms with E-state index >= 15 is 0 Å². The zero-order chi connectivity index (χ0) is 20.4. The van der Waals surface area contributed by atoms with Gasteiger partial charge >= 0.3 is 0 Å². The van der Waals surface area contributed by atoms with Crippen LogP contribution in [0.3, 0.4) is 0 Å². The number of hydrogen-bond donors (Lipinski definition) is 3. The summed E-state index contributed by atoms with van der Waals surface area (Å²) in [5.74, 6) is -0.0448. The van der Waals surface area contributed by atoms with E-state index in [1.165, 1.54) is 0 Å². The van der Waals surface area contributed by atoms with E-state index in [2.05, 4.69) is 25.7 Å². The molecule has 4 rings (SSSR count). The zero-order valence-corrected chi connectivity index (χ0v) is 17.0. The van der Waals surface area contributed by atoms with E-state index in [4.69, 9.17) is 0 Å². The molecule has 0 spiro atoms. The molecule has 29 heavy (non-hydrogen) atoms. The quantitative estimate of drug-likeness (QED) is 0.719. The largest absolute Gasteiger partial charge is 0.335 e. The number of aromatic amines is 1. The maximum absolute atomic E-state index is 12.9. The third-order valence-electron chi connectivity index (χ3n) is 5.91. The van der Waals surface area contributed by atoms with Gasteiger partial charge in [-0.3, -0.25) is 19.6 Å². The van der Waals surface area contributed by atoms with Gasteiger partial charge in [-0.2, -0.15) is 5.10 Å². The lowest BCUT2D eigenvalue weighted by Gasteiger charge is -2.34. The second-order valence-electron chi connectivity index (χ2n) is 7.82. The molecule has 2 aliphatic rings. The molecule has 3 heterocycles. The van der Waals surface area contributed by atoms with E-state index in [1.807, 2.05) is 36.9 Å². The Morgan fingerprint density at radius 3 is 2.76 bits per heavy atom. The molecular formula is C21H28N6O2. The van der Waals surface area contributed by atoms with E-state index in [0.717, 1.165) is 41.0 Å². The van der Waals surface area contributed by atoms with Gasteiger partial charge < -0.3 is 15.5 Å². The van der Waals surface area contributed by atoms with Crippen LogP contribution in [0, 0.1) is 13.8 Å². The minimum atomic E-state index is -0.0225. The highest BCUT2D eigenvalue weighted by atomic mass is 16.2. The van der Waals surface area contributed by atoms with Crippen LogP contribution in [0.4, 0.5) is 5.69 Å². The molecule has 1 saturated heterocycles. The molecule has 2 amide bonds. The summed E-state index contributed by atoms with van der Waals surface area (Å²) in [7, 11) is 0. The van der Waals surface area contributed by atoms with Crippen molar-refractivity contribution >= 4 is 17.5 Å². The number of aromatic nitrogens is 2. The van der Waals surface area contributed by atoms with Crippen LogP contribution in [0.15, 0.2) is 18.2 Å². The number of amides is 2. The molecule has 0 saturated carbocycles. The number of rotatable bonds is 4. The molecule has 0 unspecified atom stereocenters. The van der Waals surface area contributed by atoms with Crippen LogP contribution in [-0.4, -0.2) is 71.1 Å². The first-order valence-corrected chi connectivity index (χ1v) is 10.2. The normalized spacial score (nSPS) is 17.1. The second kappa shape index (κ2) is 8.34. The minimum absolute atomic E-state index is 0.0223. The summed E-state index contributed by atoms with van der Waals surface area (Å²) in [6.45, 7) is 8.53. The van der Waals surface area contributed by atoms with Crippen molar-refractivity contribution < 1.29 is 9.59 Å². The van der Waals surface area contributed by atoms with E-state index in [-0.39, 0.29) is 11.8 Å². The number of benzene rings is 1. The monoisotopic (exact) mass is 396 g/mol. The summed E-state index contributed by atoms with van der Waals surface area (Å²) in [4.78, 5) is 29.3. The van der Waals surface area contributed by atoms with Gasteiger partial charge in [-0.25, -0.2) is 0 Å². The van der Waals surface area contributed by atoms with Crippen LogP contribution in [0.25, 0.3) is 0 Å². The average Bonchev–Trinajstić information content (AvgIpc) is 3.15. The van der Waals surface area contributed by atoms with Crippen molar-refractivity contribution in [2.24, 2.45) is 0 Å². The predicted molar refractivity (Wildman–Crippen MR) is 111 cm³/mol. The van der Waals surface area contributed by atoms with Gasteiger partial charge in [0, 0.05) is 62.6 Å². The maximum atomic E-state index is 12.9. The first-order chi connectivity index (χ1) is 14.0. The third kappa shape index (κ3) is 4.18. The summed E-state index contributed by atoms with van der Waals surface area (Å²) in [5.41, 5.74) is 5.71. The molecule has 0 bridgehead atoms. The molecule has 2 aliphatic heterocycles. The topological polar surface area (TPSA) is 93.4 Å². The number of anilines is 1. The highest BCUT2D eigenvalue weighted by Gasteiger charge is 2.28. The van der Waals surface area contributed by atoms with Crippen molar-refractivity contribution in [3.63, 3.8) is 0 Å². The molecule has 154 valence electrons. The molecule has 0 aliphatic carbocycles. The van der Waals surface area contributed by atoms with Crippen LogP contribution in [0.2, 0.25) is 0 Å². The van der Waals surface area contributed by atoms with Crippen molar-refractivity contribution in [3.8, 4) is 0 Å². The third-order valence-corrected chi connectivity index (χ3v) is 5.91. The summed E-state index contributed by atoms with van der Waals surface area (Å²) >= 11 is 0. The Balaban J connectivity index is 1.30.